The summed E-state index contributed by atoms with van der Waals surface area (Å²) in [5.74, 6) is -0.610. The third-order valence-electron chi connectivity index (χ3n) is 1.88. The van der Waals surface area contributed by atoms with Gasteiger partial charge in [0.05, 0.1) is 5.69 Å². The maximum atomic E-state index is 11.8. The molecule has 0 aliphatic heterocycles. The SMILES string of the molecule is CSc1ccccc1NC(=O)COCC(F)(F)F. The lowest BCUT2D eigenvalue weighted by molar-refractivity contribution is -0.174. The maximum absolute atomic E-state index is 11.8. The topological polar surface area (TPSA) is 38.3 Å². The maximum Gasteiger partial charge on any atom is 0.411 e. The molecule has 0 spiro atoms. The third kappa shape index (κ3) is 5.42. The molecule has 0 heterocycles. The van der Waals surface area contributed by atoms with E-state index < -0.39 is 25.3 Å². The van der Waals surface area contributed by atoms with Crippen molar-refractivity contribution in [3.8, 4) is 0 Å². The highest BCUT2D eigenvalue weighted by atomic mass is 32.2. The van der Waals surface area contributed by atoms with Crippen LogP contribution < -0.4 is 5.32 Å². The van der Waals surface area contributed by atoms with Crippen LogP contribution in [0.25, 0.3) is 0 Å². The summed E-state index contributed by atoms with van der Waals surface area (Å²) < 4.78 is 39.6. The van der Waals surface area contributed by atoms with Crippen LogP contribution in [0.15, 0.2) is 29.2 Å². The number of hydrogen-bond acceptors (Lipinski definition) is 3. The van der Waals surface area contributed by atoms with Crippen LogP contribution in [0.4, 0.5) is 18.9 Å². The average molecular weight is 279 g/mol. The summed E-state index contributed by atoms with van der Waals surface area (Å²) in [5.41, 5.74) is 0.561. The Bertz CT molecular complexity index is 410. The normalized spacial score (nSPS) is 11.3. The van der Waals surface area contributed by atoms with Crippen molar-refractivity contribution >= 4 is 23.4 Å². The van der Waals surface area contributed by atoms with Crippen molar-refractivity contribution in [2.45, 2.75) is 11.1 Å². The van der Waals surface area contributed by atoms with Crippen LogP contribution in [0, 0.1) is 0 Å². The van der Waals surface area contributed by atoms with E-state index >= 15 is 0 Å². The van der Waals surface area contributed by atoms with Gasteiger partial charge >= 0.3 is 6.18 Å². The zero-order valence-electron chi connectivity index (χ0n) is 9.58. The second-order valence-corrected chi connectivity index (χ2v) is 4.20. The second-order valence-electron chi connectivity index (χ2n) is 3.36. The molecule has 0 aliphatic carbocycles. The number of rotatable bonds is 5. The smallest absolute Gasteiger partial charge is 0.362 e. The number of carbonyl (C=O) groups is 1. The molecule has 0 aliphatic rings. The highest BCUT2D eigenvalue weighted by molar-refractivity contribution is 7.98. The fraction of sp³-hybridized carbons (Fsp3) is 0.364. The number of carbonyl (C=O) groups excluding carboxylic acids is 1. The van der Waals surface area contributed by atoms with Crippen molar-refractivity contribution in [3.63, 3.8) is 0 Å². The molecule has 0 bridgehead atoms. The Kier molecular flexibility index (Phi) is 5.49. The lowest BCUT2D eigenvalue weighted by Crippen LogP contribution is -2.24. The van der Waals surface area contributed by atoms with Crippen LogP contribution in [0.2, 0.25) is 0 Å². The van der Waals surface area contributed by atoms with Crippen molar-refractivity contribution in [1.82, 2.24) is 0 Å². The lowest BCUT2D eigenvalue weighted by atomic mass is 10.3. The van der Waals surface area contributed by atoms with Crippen molar-refractivity contribution in [1.29, 1.82) is 0 Å². The molecular formula is C11H12F3NO2S. The first-order valence-corrected chi connectivity index (χ1v) is 6.22. The number of benzene rings is 1. The van der Waals surface area contributed by atoms with Gasteiger partial charge in [-0.2, -0.15) is 13.2 Å². The van der Waals surface area contributed by atoms with E-state index in [1.807, 2.05) is 12.3 Å². The number of thioether (sulfide) groups is 1. The lowest BCUT2D eigenvalue weighted by Gasteiger charge is -2.10. The van der Waals surface area contributed by atoms with Crippen LogP contribution in [0.1, 0.15) is 0 Å². The summed E-state index contributed by atoms with van der Waals surface area (Å²) in [6.45, 7) is -2.05. The Morgan fingerprint density at radius 2 is 2.06 bits per heavy atom. The molecule has 100 valence electrons. The van der Waals surface area contributed by atoms with Crippen molar-refractivity contribution in [3.05, 3.63) is 24.3 Å². The largest absolute Gasteiger partial charge is 0.411 e. The zero-order valence-corrected chi connectivity index (χ0v) is 10.4. The fourth-order valence-corrected chi connectivity index (χ4v) is 1.75. The Labute approximate surface area is 107 Å². The number of amides is 1. The predicted molar refractivity (Wildman–Crippen MR) is 63.7 cm³/mol. The van der Waals surface area contributed by atoms with E-state index in [1.54, 1.807) is 18.2 Å². The molecule has 0 atom stereocenters. The Balaban J connectivity index is 2.45. The fourth-order valence-electron chi connectivity index (χ4n) is 1.19. The van der Waals surface area contributed by atoms with Crippen LogP contribution in [0.3, 0.4) is 0 Å². The van der Waals surface area contributed by atoms with E-state index in [2.05, 4.69) is 10.1 Å². The number of anilines is 1. The zero-order chi connectivity index (χ0) is 13.6. The van der Waals surface area contributed by atoms with E-state index in [9.17, 15) is 18.0 Å². The van der Waals surface area contributed by atoms with Crippen LogP contribution in [-0.4, -0.2) is 31.6 Å². The molecule has 1 aromatic carbocycles. The van der Waals surface area contributed by atoms with Crippen LogP contribution in [-0.2, 0) is 9.53 Å². The van der Waals surface area contributed by atoms with Gasteiger partial charge in [0.1, 0.15) is 13.2 Å². The molecular weight excluding hydrogens is 267 g/mol. The summed E-state index contributed by atoms with van der Waals surface area (Å²) in [6.07, 6.45) is -2.58. The molecule has 1 N–H and O–H groups in total. The number of alkyl halides is 3. The van der Waals surface area contributed by atoms with Gasteiger partial charge < -0.3 is 10.1 Å². The van der Waals surface area contributed by atoms with Gasteiger partial charge in [0.25, 0.3) is 0 Å². The van der Waals surface area contributed by atoms with Gasteiger partial charge in [0.15, 0.2) is 0 Å². The van der Waals surface area contributed by atoms with Gasteiger partial charge in [0, 0.05) is 4.90 Å². The molecule has 0 radical (unpaired) electrons. The van der Waals surface area contributed by atoms with E-state index in [0.717, 1.165) is 4.90 Å². The Morgan fingerprint density at radius 3 is 2.67 bits per heavy atom. The molecule has 18 heavy (non-hydrogen) atoms. The molecule has 0 fully saturated rings. The van der Waals surface area contributed by atoms with Crippen molar-refractivity contribution in [2.75, 3.05) is 24.8 Å². The summed E-state index contributed by atoms with van der Waals surface area (Å²) in [5, 5.41) is 2.50. The molecule has 1 amide bonds. The molecule has 1 aromatic rings. The van der Waals surface area contributed by atoms with Gasteiger partial charge in [0.2, 0.25) is 5.91 Å². The second kappa shape index (κ2) is 6.65. The van der Waals surface area contributed by atoms with Crippen LogP contribution >= 0.6 is 11.8 Å². The minimum atomic E-state index is -4.42. The molecule has 3 nitrogen and oxygen atoms in total. The van der Waals surface area contributed by atoms with Gasteiger partial charge in [-0.3, -0.25) is 4.79 Å². The third-order valence-corrected chi connectivity index (χ3v) is 2.68. The van der Waals surface area contributed by atoms with E-state index in [0.29, 0.717) is 5.69 Å². The van der Waals surface area contributed by atoms with Crippen molar-refractivity contribution < 1.29 is 22.7 Å². The minimum Gasteiger partial charge on any atom is -0.362 e. The van der Waals surface area contributed by atoms with E-state index in [4.69, 9.17) is 0 Å². The number of ether oxygens (including phenoxy) is 1. The number of nitrogens with one attached hydrogen (secondary N) is 1. The molecule has 0 saturated heterocycles. The highest BCUT2D eigenvalue weighted by Gasteiger charge is 2.27. The molecule has 0 saturated carbocycles. The first-order chi connectivity index (χ1) is 8.42. The molecule has 7 heteroatoms. The molecule has 1 rings (SSSR count). The highest BCUT2D eigenvalue weighted by Crippen LogP contribution is 2.24. The van der Waals surface area contributed by atoms with Crippen LogP contribution in [0.5, 0.6) is 0 Å². The van der Waals surface area contributed by atoms with Gasteiger partial charge in [-0.25, -0.2) is 0 Å². The van der Waals surface area contributed by atoms with Gasteiger partial charge in [-0.15, -0.1) is 11.8 Å². The average Bonchev–Trinajstić information content (AvgIpc) is 2.28. The Morgan fingerprint density at radius 1 is 1.39 bits per heavy atom. The standard InChI is InChI=1S/C11H12F3NO2S/c1-18-9-5-3-2-4-8(9)15-10(16)6-17-7-11(12,13)14/h2-5H,6-7H2,1H3,(H,15,16). The van der Waals surface area contributed by atoms with Crippen molar-refractivity contribution in [2.24, 2.45) is 0 Å². The first kappa shape index (κ1) is 14.8. The summed E-state index contributed by atoms with van der Waals surface area (Å²) in [7, 11) is 0. The monoisotopic (exact) mass is 279 g/mol. The first-order valence-electron chi connectivity index (χ1n) is 5.00. The summed E-state index contributed by atoms with van der Waals surface area (Å²) in [4.78, 5) is 12.2. The predicted octanol–water partition coefficient (Wildman–Crippen LogP) is 2.93. The minimum absolute atomic E-state index is 0.561. The number of hydrogen-bond donors (Lipinski definition) is 1. The van der Waals surface area contributed by atoms with E-state index in [-0.39, 0.29) is 0 Å². The summed E-state index contributed by atoms with van der Waals surface area (Å²) in [6, 6.07) is 7.01. The number of halogens is 3. The molecule has 0 unspecified atom stereocenters. The molecule has 0 aromatic heterocycles. The quantitative estimate of drug-likeness (QED) is 0.842. The summed E-state index contributed by atoms with van der Waals surface area (Å²) >= 11 is 1.43. The van der Waals surface area contributed by atoms with Gasteiger partial charge in [-0.05, 0) is 18.4 Å². The van der Waals surface area contributed by atoms with E-state index in [1.165, 1.54) is 11.8 Å². The van der Waals surface area contributed by atoms with Gasteiger partial charge in [-0.1, -0.05) is 12.1 Å². The Hall–Kier alpha value is -1.21. The number of para-hydroxylation sites is 1.